The van der Waals surface area contributed by atoms with Gasteiger partial charge in [-0.05, 0) is 30.5 Å². The highest BCUT2D eigenvalue weighted by Gasteiger charge is 2.10. The summed E-state index contributed by atoms with van der Waals surface area (Å²) in [5, 5.41) is 8.70. The highest BCUT2D eigenvalue weighted by molar-refractivity contribution is 5.70. The summed E-state index contributed by atoms with van der Waals surface area (Å²) in [5.41, 5.74) is 0.735. The summed E-state index contributed by atoms with van der Waals surface area (Å²) in [7, 11) is 0. The van der Waals surface area contributed by atoms with E-state index in [2.05, 4.69) is 0 Å². The van der Waals surface area contributed by atoms with Gasteiger partial charge in [0.05, 0.1) is 5.92 Å². The summed E-state index contributed by atoms with van der Waals surface area (Å²) >= 11 is 0. The fourth-order valence-electron chi connectivity index (χ4n) is 1.66. The smallest absolute Gasteiger partial charge is 0.306 e. The minimum atomic E-state index is -0.816. The monoisotopic (exact) mass is 282 g/mol. The molecule has 4 nitrogen and oxygen atoms in total. The van der Waals surface area contributed by atoms with Crippen LogP contribution in [0, 0.1) is 11.7 Å². The number of hydrogen-bond donors (Lipinski definition) is 1. The maximum Gasteiger partial charge on any atom is 0.306 e. The van der Waals surface area contributed by atoms with Crippen LogP contribution in [0.3, 0.4) is 0 Å². The molecule has 0 aliphatic carbocycles. The topological polar surface area (TPSA) is 63.6 Å². The molecule has 0 aliphatic rings. The Balaban J connectivity index is 2.14. The maximum atomic E-state index is 12.7. The van der Waals surface area contributed by atoms with Gasteiger partial charge in [-0.25, -0.2) is 4.39 Å². The van der Waals surface area contributed by atoms with Crippen LogP contribution in [0.2, 0.25) is 0 Å². The van der Waals surface area contributed by atoms with E-state index in [0.29, 0.717) is 19.3 Å². The first-order chi connectivity index (χ1) is 9.49. The Kier molecular flexibility index (Phi) is 6.70. The van der Waals surface area contributed by atoms with Crippen molar-refractivity contribution in [2.24, 2.45) is 5.92 Å². The van der Waals surface area contributed by atoms with Crippen LogP contribution in [0.4, 0.5) is 4.39 Å². The predicted octanol–water partition coefficient (Wildman–Crippen LogP) is 3.15. The summed E-state index contributed by atoms with van der Waals surface area (Å²) in [6.07, 6.45) is 2.12. The lowest BCUT2D eigenvalue weighted by molar-refractivity contribution is -0.145. The van der Waals surface area contributed by atoms with Crippen LogP contribution in [0.5, 0.6) is 0 Å². The third kappa shape index (κ3) is 6.31. The van der Waals surface area contributed by atoms with Gasteiger partial charge in [-0.15, -0.1) is 0 Å². The molecule has 0 saturated heterocycles. The van der Waals surface area contributed by atoms with Crippen LogP contribution in [0.15, 0.2) is 24.3 Å². The number of ether oxygens (including phenoxy) is 1. The van der Waals surface area contributed by atoms with Gasteiger partial charge in [0.25, 0.3) is 0 Å². The molecule has 1 rings (SSSR count). The van der Waals surface area contributed by atoms with Crippen LogP contribution < -0.4 is 0 Å². The van der Waals surface area contributed by atoms with Gasteiger partial charge in [0.1, 0.15) is 12.4 Å². The largest absolute Gasteiger partial charge is 0.481 e. The number of hydrogen-bond acceptors (Lipinski definition) is 3. The zero-order chi connectivity index (χ0) is 15.0. The van der Waals surface area contributed by atoms with Crippen LogP contribution in [-0.4, -0.2) is 17.0 Å². The van der Waals surface area contributed by atoms with Crippen molar-refractivity contribution in [2.75, 3.05) is 0 Å². The molecule has 110 valence electrons. The molecule has 0 amide bonds. The molecule has 0 aliphatic heterocycles. The van der Waals surface area contributed by atoms with Gasteiger partial charge >= 0.3 is 11.9 Å². The molecule has 0 saturated carbocycles. The third-order valence-corrected chi connectivity index (χ3v) is 3.00. The molecule has 1 aromatic carbocycles. The van der Waals surface area contributed by atoms with Crippen LogP contribution in [0.25, 0.3) is 0 Å². The van der Waals surface area contributed by atoms with Crippen LogP contribution in [0.1, 0.15) is 38.2 Å². The Labute approximate surface area is 117 Å². The van der Waals surface area contributed by atoms with E-state index < -0.39 is 5.97 Å². The molecule has 20 heavy (non-hydrogen) atoms. The van der Waals surface area contributed by atoms with E-state index in [0.717, 1.165) is 5.56 Å². The van der Waals surface area contributed by atoms with E-state index in [1.165, 1.54) is 12.1 Å². The lowest BCUT2D eigenvalue weighted by atomic mass is 10.0. The number of carbonyl (C=O) groups is 2. The lowest BCUT2D eigenvalue weighted by Crippen LogP contribution is -2.09. The molecule has 0 aromatic heterocycles. The summed E-state index contributed by atoms with van der Waals surface area (Å²) in [6, 6.07) is 5.77. The Bertz CT molecular complexity index is 442. The molecular weight excluding hydrogens is 263 g/mol. The van der Waals surface area contributed by atoms with E-state index >= 15 is 0 Å². The Morgan fingerprint density at radius 3 is 2.50 bits per heavy atom. The number of aliphatic carboxylic acids is 1. The van der Waals surface area contributed by atoms with Gasteiger partial charge in [-0.3, -0.25) is 9.59 Å². The number of carboxylic acid groups (broad SMARTS) is 1. The zero-order valence-electron chi connectivity index (χ0n) is 11.5. The third-order valence-electron chi connectivity index (χ3n) is 3.00. The van der Waals surface area contributed by atoms with E-state index in [1.54, 1.807) is 19.1 Å². The molecule has 5 heteroatoms. The van der Waals surface area contributed by atoms with E-state index in [9.17, 15) is 14.0 Å². The quantitative estimate of drug-likeness (QED) is 0.587. The first-order valence-electron chi connectivity index (χ1n) is 6.62. The molecule has 0 radical (unpaired) electrons. The number of carboxylic acids is 1. The van der Waals surface area contributed by atoms with Crippen molar-refractivity contribution in [3.63, 3.8) is 0 Å². The standard InChI is InChI=1S/C15H19FO4/c1-11(15(18)19)4-2-3-5-14(17)20-10-12-6-8-13(16)9-7-12/h6-9,11H,2-5,10H2,1H3,(H,18,19). The van der Waals surface area contributed by atoms with E-state index in [4.69, 9.17) is 9.84 Å². The second-order valence-electron chi connectivity index (χ2n) is 4.77. The van der Waals surface area contributed by atoms with Crippen LogP contribution >= 0.6 is 0 Å². The first kappa shape index (κ1) is 16.1. The molecule has 1 atom stereocenters. The van der Waals surface area contributed by atoms with Crippen molar-refractivity contribution >= 4 is 11.9 Å². The second-order valence-corrected chi connectivity index (χ2v) is 4.77. The maximum absolute atomic E-state index is 12.7. The van der Waals surface area contributed by atoms with Gasteiger partial charge in [0.15, 0.2) is 0 Å². The van der Waals surface area contributed by atoms with Gasteiger partial charge < -0.3 is 9.84 Å². The van der Waals surface area contributed by atoms with Crippen molar-refractivity contribution in [1.29, 1.82) is 0 Å². The van der Waals surface area contributed by atoms with Crippen LogP contribution in [-0.2, 0) is 20.9 Å². The minimum absolute atomic E-state index is 0.130. The Morgan fingerprint density at radius 2 is 1.90 bits per heavy atom. The Hall–Kier alpha value is -1.91. The fraction of sp³-hybridized carbons (Fsp3) is 0.467. The average Bonchev–Trinajstić information content (AvgIpc) is 2.42. The molecule has 0 bridgehead atoms. The highest BCUT2D eigenvalue weighted by atomic mass is 19.1. The molecule has 1 aromatic rings. The number of rotatable bonds is 8. The van der Waals surface area contributed by atoms with Gasteiger partial charge in [0.2, 0.25) is 0 Å². The van der Waals surface area contributed by atoms with Gasteiger partial charge in [-0.1, -0.05) is 25.5 Å². The summed E-state index contributed by atoms with van der Waals surface area (Å²) < 4.78 is 17.7. The van der Waals surface area contributed by atoms with Gasteiger partial charge in [0, 0.05) is 6.42 Å². The fourth-order valence-corrected chi connectivity index (χ4v) is 1.66. The second kappa shape index (κ2) is 8.30. The summed E-state index contributed by atoms with van der Waals surface area (Å²) in [5.74, 6) is -1.85. The minimum Gasteiger partial charge on any atom is -0.481 e. The number of carbonyl (C=O) groups excluding carboxylic acids is 1. The van der Waals surface area contributed by atoms with Crippen molar-refractivity contribution in [3.05, 3.63) is 35.6 Å². The Morgan fingerprint density at radius 1 is 1.25 bits per heavy atom. The SMILES string of the molecule is CC(CCCCC(=O)OCc1ccc(F)cc1)C(=O)O. The number of halogens is 1. The van der Waals surface area contributed by atoms with E-state index in [-0.39, 0.29) is 30.7 Å². The summed E-state index contributed by atoms with van der Waals surface area (Å²) in [6.45, 7) is 1.78. The molecule has 0 heterocycles. The number of benzene rings is 1. The summed E-state index contributed by atoms with van der Waals surface area (Å²) in [4.78, 5) is 22.0. The van der Waals surface area contributed by atoms with Crippen molar-refractivity contribution < 1.29 is 23.8 Å². The molecular formula is C15H19FO4. The molecule has 1 unspecified atom stereocenters. The normalized spacial score (nSPS) is 11.9. The number of unbranched alkanes of at least 4 members (excludes halogenated alkanes) is 1. The molecule has 0 spiro atoms. The molecule has 1 N–H and O–H groups in total. The molecule has 0 fully saturated rings. The average molecular weight is 282 g/mol. The van der Waals surface area contributed by atoms with Crippen molar-refractivity contribution in [3.8, 4) is 0 Å². The van der Waals surface area contributed by atoms with Crippen molar-refractivity contribution in [1.82, 2.24) is 0 Å². The number of esters is 1. The zero-order valence-corrected chi connectivity index (χ0v) is 11.5. The van der Waals surface area contributed by atoms with Crippen molar-refractivity contribution in [2.45, 2.75) is 39.2 Å². The van der Waals surface area contributed by atoms with E-state index in [1.807, 2.05) is 0 Å². The predicted molar refractivity (Wildman–Crippen MR) is 71.5 cm³/mol. The lowest BCUT2D eigenvalue weighted by Gasteiger charge is -2.06. The highest BCUT2D eigenvalue weighted by Crippen LogP contribution is 2.11. The van der Waals surface area contributed by atoms with Gasteiger partial charge in [-0.2, -0.15) is 0 Å². The first-order valence-corrected chi connectivity index (χ1v) is 6.62.